The first-order valence-corrected chi connectivity index (χ1v) is 6.83. The minimum absolute atomic E-state index is 0.288. The Morgan fingerprint density at radius 2 is 1.91 bits per heavy atom. The highest BCUT2D eigenvalue weighted by molar-refractivity contribution is 6.03. The Bertz CT molecular complexity index is 785. The predicted octanol–water partition coefficient (Wildman–Crippen LogP) is 3.10. The van der Waals surface area contributed by atoms with Crippen LogP contribution in [0.1, 0.15) is 16.1 Å². The summed E-state index contributed by atoms with van der Waals surface area (Å²) in [6, 6.07) is 13.2. The van der Waals surface area contributed by atoms with Gasteiger partial charge in [0.1, 0.15) is 12.0 Å². The lowest BCUT2D eigenvalue weighted by Crippen LogP contribution is -2.14. The lowest BCUT2D eigenvalue weighted by Gasteiger charge is -2.06. The molecule has 2 heterocycles. The summed E-state index contributed by atoms with van der Waals surface area (Å²) in [6.45, 7) is 2.02. The van der Waals surface area contributed by atoms with Crippen LogP contribution in [0.25, 0.3) is 11.3 Å². The van der Waals surface area contributed by atoms with Gasteiger partial charge in [0.15, 0.2) is 0 Å². The van der Waals surface area contributed by atoms with Crippen molar-refractivity contribution in [1.29, 1.82) is 0 Å². The second-order valence-electron chi connectivity index (χ2n) is 4.85. The summed E-state index contributed by atoms with van der Waals surface area (Å²) in [4.78, 5) is 24.4. The normalized spacial score (nSPS) is 10.2. The summed E-state index contributed by atoms with van der Waals surface area (Å²) in [5.74, 6) is -0.288. The van der Waals surface area contributed by atoms with Crippen LogP contribution in [0.2, 0.25) is 0 Å². The highest BCUT2D eigenvalue weighted by Crippen LogP contribution is 2.18. The molecule has 0 fully saturated rings. The van der Waals surface area contributed by atoms with Crippen molar-refractivity contribution in [2.75, 3.05) is 5.32 Å². The first-order chi connectivity index (χ1) is 10.7. The van der Waals surface area contributed by atoms with Gasteiger partial charge >= 0.3 is 0 Å². The maximum Gasteiger partial charge on any atom is 0.274 e. The number of hydrogen-bond acceptors (Lipinski definition) is 4. The van der Waals surface area contributed by atoms with E-state index in [0.29, 0.717) is 17.1 Å². The van der Waals surface area contributed by atoms with E-state index in [1.54, 1.807) is 30.6 Å². The maximum atomic E-state index is 12.2. The molecule has 2 aromatic heterocycles. The van der Waals surface area contributed by atoms with Gasteiger partial charge in [0.05, 0.1) is 17.6 Å². The van der Waals surface area contributed by atoms with Gasteiger partial charge in [0, 0.05) is 11.8 Å². The van der Waals surface area contributed by atoms with Crippen molar-refractivity contribution >= 4 is 11.6 Å². The van der Waals surface area contributed by atoms with Crippen LogP contribution in [0, 0.1) is 6.92 Å². The summed E-state index contributed by atoms with van der Waals surface area (Å²) in [7, 11) is 0. The number of carbonyl (C=O) groups is 1. The fraction of sp³-hybridized carbons (Fsp3) is 0.0588. The van der Waals surface area contributed by atoms with Crippen molar-refractivity contribution in [2.45, 2.75) is 6.92 Å². The van der Waals surface area contributed by atoms with E-state index < -0.39 is 0 Å². The number of nitrogens with zero attached hydrogens (tertiary/aromatic N) is 3. The van der Waals surface area contributed by atoms with Gasteiger partial charge in [-0.2, -0.15) is 0 Å². The van der Waals surface area contributed by atoms with Crippen molar-refractivity contribution in [3.8, 4) is 11.3 Å². The molecule has 0 saturated carbocycles. The number of aromatic nitrogens is 3. The second-order valence-corrected chi connectivity index (χ2v) is 4.85. The minimum Gasteiger partial charge on any atom is -0.319 e. The molecule has 22 heavy (non-hydrogen) atoms. The fourth-order valence-electron chi connectivity index (χ4n) is 2.00. The zero-order valence-electron chi connectivity index (χ0n) is 12.0. The number of rotatable bonds is 3. The van der Waals surface area contributed by atoms with Crippen LogP contribution in [0.15, 0.2) is 61.2 Å². The van der Waals surface area contributed by atoms with E-state index in [1.807, 2.05) is 31.2 Å². The van der Waals surface area contributed by atoms with Crippen LogP contribution in [0.4, 0.5) is 5.69 Å². The Hall–Kier alpha value is -3.08. The van der Waals surface area contributed by atoms with Crippen LogP contribution in [0.5, 0.6) is 0 Å². The first kappa shape index (κ1) is 13.9. The van der Waals surface area contributed by atoms with Crippen molar-refractivity contribution in [3.63, 3.8) is 0 Å². The molecule has 0 aliphatic carbocycles. The smallest absolute Gasteiger partial charge is 0.274 e. The van der Waals surface area contributed by atoms with Crippen molar-refractivity contribution in [2.24, 2.45) is 0 Å². The Morgan fingerprint density at radius 3 is 2.64 bits per heavy atom. The average molecular weight is 290 g/mol. The van der Waals surface area contributed by atoms with Gasteiger partial charge in [-0.15, -0.1) is 0 Å². The van der Waals surface area contributed by atoms with Crippen molar-refractivity contribution in [1.82, 2.24) is 15.0 Å². The molecule has 0 aliphatic heterocycles. The monoisotopic (exact) mass is 290 g/mol. The Kier molecular flexibility index (Phi) is 3.87. The molecule has 3 rings (SSSR count). The molecule has 5 nitrogen and oxygen atoms in total. The summed E-state index contributed by atoms with van der Waals surface area (Å²) in [5, 5.41) is 2.75. The van der Waals surface area contributed by atoms with Crippen LogP contribution < -0.4 is 5.32 Å². The lowest BCUT2D eigenvalue weighted by molar-refractivity contribution is 0.102. The zero-order valence-corrected chi connectivity index (χ0v) is 12.0. The van der Waals surface area contributed by atoms with E-state index in [4.69, 9.17) is 0 Å². The predicted molar refractivity (Wildman–Crippen MR) is 84.4 cm³/mol. The van der Waals surface area contributed by atoms with Crippen molar-refractivity contribution in [3.05, 3.63) is 72.4 Å². The number of hydrogen-bond donors (Lipinski definition) is 1. The van der Waals surface area contributed by atoms with Gasteiger partial charge < -0.3 is 5.32 Å². The van der Waals surface area contributed by atoms with E-state index in [1.165, 1.54) is 11.9 Å². The van der Waals surface area contributed by atoms with Crippen LogP contribution >= 0.6 is 0 Å². The molecular weight excluding hydrogens is 276 g/mol. The van der Waals surface area contributed by atoms with Gasteiger partial charge in [0.25, 0.3) is 5.91 Å². The topological polar surface area (TPSA) is 67.8 Å². The van der Waals surface area contributed by atoms with Gasteiger partial charge in [-0.1, -0.05) is 29.8 Å². The van der Waals surface area contributed by atoms with E-state index in [2.05, 4.69) is 20.3 Å². The van der Waals surface area contributed by atoms with E-state index >= 15 is 0 Å². The molecule has 1 amide bonds. The SMILES string of the molecule is Cc1ccc(-c2cc(C(=O)Nc3cccnc3)ncn2)cc1. The molecule has 0 saturated heterocycles. The molecule has 0 radical (unpaired) electrons. The number of nitrogens with one attached hydrogen (secondary N) is 1. The average Bonchev–Trinajstić information content (AvgIpc) is 2.56. The quantitative estimate of drug-likeness (QED) is 0.804. The maximum absolute atomic E-state index is 12.2. The number of aryl methyl sites for hydroxylation is 1. The molecular formula is C17H14N4O. The summed E-state index contributed by atoms with van der Waals surface area (Å²) in [6.07, 6.45) is 4.63. The van der Waals surface area contributed by atoms with E-state index in [-0.39, 0.29) is 5.91 Å². The first-order valence-electron chi connectivity index (χ1n) is 6.83. The summed E-state index contributed by atoms with van der Waals surface area (Å²) in [5.41, 5.74) is 3.78. The van der Waals surface area contributed by atoms with Gasteiger partial charge in [-0.25, -0.2) is 9.97 Å². The molecule has 5 heteroatoms. The molecule has 3 aromatic rings. The second kappa shape index (κ2) is 6.13. The number of amides is 1. The van der Waals surface area contributed by atoms with Gasteiger partial charge in [0.2, 0.25) is 0 Å². The standard InChI is InChI=1S/C17H14N4O/c1-12-4-6-13(7-5-12)15-9-16(20-11-19-15)17(22)21-14-3-2-8-18-10-14/h2-11H,1H3,(H,21,22). The molecule has 0 aliphatic rings. The molecule has 0 atom stereocenters. The van der Waals surface area contributed by atoms with Gasteiger partial charge in [-0.3, -0.25) is 9.78 Å². The lowest BCUT2D eigenvalue weighted by atomic mass is 10.1. The number of benzene rings is 1. The third-order valence-corrected chi connectivity index (χ3v) is 3.17. The highest BCUT2D eigenvalue weighted by atomic mass is 16.1. The minimum atomic E-state index is -0.288. The molecule has 1 aromatic carbocycles. The fourth-order valence-corrected chi connectivity index (χ4v) is 2.00. The van der Waals surface area contributed by atoms with Gasteiger partial charge in [-0.05, 0) is 25.1 Å². The zero-order chi connectivity index (χ0) is 15.4. The van der Waals surface area contributed by atoms with Crippen molar-refractivity contribution < 1.29 is 4.79 Å². The highest BCUT2D eigenvalue weighted by Gasteiger charge is 2.10. The van der Waals surface area contributed by atoms with Crippen LogP contribution in [-0.2, 0) is 0 Å². The Balaban J connectivity index is 1.84. The molecule has 0 spiro atoms. The van der Waals surface area contributed by atoms with Crippen LogP contribution in [-0.4, -0.2) is 20.9 Å². The number of carbonyl (C=O) groups excluding carboxylic acids is 1. The summed E-state index contributed by atoms with van der Waals surface area (Å²) >= 11 is 0. The van der Waals surface area contributed by atoms with E-state index in [0.717, 1.165) is 5.56 Å². The largest absolute Gasteiger partial charge is 0.319 e. The summed E-state index contributed by atoms with van der Waals surface area (Å²) < 4.78 is 0. The van der Waals surface area contributed by atoms with Crippen LogP contribution in [0.3, 0.4) is 0 Å². The third-order valence-electron chi connectivity index (χ3n) is 3.17. The number of anilines is 1. The van der Waals surface area contributed by atoms with E-state index in [9.17, 15) is 4.79 Å². The molecule has 1 N–H and O–H groups in total. The third kappa shape index (κ3) is 3.15. The Labute approximate surface area is 128 Å². The Morgan fingerprint density at radius 1 is 1.09 bits per heavy atom. The molecule has 108 valence electrons. The molecule has 0 bridgehead atoms. The molecule has 0 unspecified atom stereocenters. The number of pyridine rings is 1.